The number of aliphatic hydroxyl groups excluding tert-OH is 5. The van der Waals surface area contributed by atoms with Crippen LogP contribution in [-0.2, 0) is 65.9 Å². The van der Waals surface area contributed by atoms with E-state index in [0.29, 0.717) is 48.7 Å². The number of carboxylic acid groups (broad SMARTS) is 1. The first-order valence-electron chi connectivity index (χ1n) is 30.4. The topological polar surface area (TPSA) is 437 Å². The first-order valence-corrected chi connectivity index (χ1v) is 31.8. The number of benzene rings is 3. The number of nitrogens with zero attached hydrogens (tertiary/aromatic N) is 3. The van der Waals surface area contributed by atoms with Crippen LogP contribution in [0.25, 0.3) is 10.8 Å². The van der Waals surface area contributed by atoms with Crippen LogP contribution in [0.3, 0.4) is 0 Å². The monoisotopic (exact) mass is 1290 g/mol. The number of Topliss-reactive ketones (excluding diaryl/α,β-unsaturated/α-hetero) is 1. The van der Waals surface area contributed by atoms with E-state index in [-0.39, 0.29) is 78.3 Å². The number of H-pyrrole nitrogens is 2. The van der Waals surface area contributed by atoms with Gasteiger partial charge in [0.2, 0.25) is 5.91 Å². The number of carbonyl (C=O) groups excluding carboxylic acids is 4. The normalized spacial score (nSPS) is 27.6. The molecule has 0 spiro atoms. The second-order valence-electron chi connectivity index (χ2n) is 23.8. The number of aromatic nitrogens is 5. The average Bonchev–Trinajstić information content (AvgIpc) is 1.04. The third kappa shape index (κ3) is 17.3. The highest BCUT2D eigenvalue weighted by atomic mass is 32.2. The van der Waals surface area contributed by atoms with Crippen molar-refractivity contribution in [3.05, 3.63) is 116 Å². The molecule has 2 saturated heterocycles. The van der Waals surface area contributed by atoms with Crippen molar-refractivity contribution in [3.63, 3.8) is 0 Å². The summed E-state index contributed by atoms with van der Waals surface area (Å²) in [5.41, 5.74) is -1.10. The van der Waals surface area contributed by atoms with Crippen LogP contribution in [0.5, 0.6) is 0 Å². The van der Waals surface area contributed by atoms with E-state index in [2.05, 4.69) is 25.9 Å². The van der Waals surface area contributed by atoms with Gasteiger partial charge in [0, 0.05) is 48.6 Å². The number of aromatic amines is 2. The molecule has 2 aliphatic carbocycles. The number of ketones is 1. The molecule has 91 heavy (non-hydrogen) atoms. The Kier molecular flexibility index (Phi) is 22.8. The summed E-state index contributed by atoms with van der Waals surface area (Å²) in [4.78, 5) is 97.9. The fraction of sp³-hybridized carbons (Fsp3) is 0.557. The summed E-state index contributed by atoms with van der Waals surface area (Å²) in [5.74, 6) is -5.32. The first kappa shape index (κ1) is 68.2. The molecule has 0 bridgehead atoms. The minimum atomic E-state index is -4.63. The maximum atomic E-state index is 14.7. The van der Waals surface area contributed by atoms with E-state index >= 15 is 0 Å². The lowest BCUT2D eigenvalue weighted by atomic mass is 9.78. The Labute approximate surface area is 521 Å². The molecular weight excluding hydrogens is 1210 g/mol. The third-order valence-corrected chi connectivity index (χ3v) is 17.9. The zero-order valence-corrected chi connectivity index (χ0v) is 50.8. The van der Waals surface area contributed by atoms with Crippen LogP contribution in [0.1, 0.15) is 122 Å². The maximum absolute atomic E-state index is 14.7. The number of carbonyl (C=O) groups is 5. The number of aliphatic carboxylic acids is 1. The summed E-state index contributed by atoms with van der Waals surface area (Å²) in [6.07, 6.45) is -15.4. The first-order chi connectivity index (χ1) is 43.4. The molecule has 2 aliphatic heterocycles. The Morgan fingerprint density at radius 3 is 2.30 bits per heavy atom. The molecule has 29 nitrogen and oxygen atoms in total. The van der Waals surface area contributed by atoms with Gasteiger partial charge in [-0.25, -0.2) is 14.4 Å². The molecule has 11 N–H and O–H groups in total. The summed E-state index contributed by atoms with van der Waals surface area (Å²) < 4.78 is 73.7. The van der Waals surface area contributed by atoms with Crippen LogP contribution in [-0.4, -0.2) is 190 Å². The van der Waals surface area contributed by atoms with Gasteiger partial charge in [-0.2, -0.15) is 8.42 Å². The molecule has 2 amide bonds. The number of ether oxygens (including phenoxy) is 6. The van der Waals surface area contributed by atoms with Gasteiger partial charge in [-0.3, -0.25) is 33.4 Å². The molecule has 9 rings (SSSR count). The molecule has 494 valence electrons. The van der Waals surface area contributed by atoms with Crippen molar-refractivity contribution in [2.75, 3.05) is 11.9 Å². The van der Waals surface area contributed by atoms with Gasteiger partial charge >= 0.3 is 17.6 Å². The van der Waals surface area contributed by atoms with Crippen LogP contribution in [0.15, 0.2) is 87.4 Å². The van der Waals surface area contributed by atoms with E-state index in [4.69, 9.17) is 28.4 Å². The van der Waals surface area contributed by atoms with Gasteiger partial charge in [-0.05, 0) is 99.9 Å². The molecule has 4 heterocycles. The van der Waals surface area contributed by atoms with Gasteiger partial charge in [0.15, 0.2) is 24.8 Å². The van der Waals surface area contributed by atoms with Crippen molar-refractivity contribution < 1.29 is 96.0 Å². The fourth-order valence-electron chi connectivity index (χ4n) is 12.4. The van der Waals surface area contributed by atoms with E-state index < -0.39 is 149 Å². The predicted octanol–water partition coefficient (Wildman–Crippen LogP) is 1.98. The summed E-state index contributed by atoms with van der Waals surface area (Å²) in [7, 11) is -4.63. The van der Waals surface area contributed by atoms with Gasteiger partial charge in [-0.1, -0.05) is 73.7 Å². The van der Waals surface area contributed by atoms with E-state index in [0.717, 1.165) is 25.3 Å². The Bertz CT molecular complexity index is 3570. The lowest BCUT2D eigenvalue weighted by Gasteiger charge is -2.49. The Morgan fingerprint density at radius 1 is 0.824 bits per heavy atom. The summed E-state index contributed by atoms with van der Waals surface area (Å²) in [5, 5.41) is 80.7. The minimum Gasteiger partial charge on any atom is -0.479 e. The van der Waals surface area contributed by atoms with Gasteiger partial charge in [0.1, 0.15) is 59.1 Å². The van der Waals surface area contributed by atoms with Gasteiger partial charge in [0.05, 0.1) is 36.1 Å². The second-order valence-corrected chi connectivity index (χ2v) is 25.2. The number of aliphatic hydroxyl groups is 5. The van der Waals surface area contributed by atoms with E-state index in [1.54, 1.807) is 54.2 Å². The minimum absolute atomic E-state index is 0.0121. The number of hydrogen-bond acceptors (Lipinski definition) is 22. The molecule has 4 fully saturated rings. The number of rotatable bonds is 26. The number of fused-ring (bicyclic) bond motifs is 1. The van der Waals surface area contributed by atoms with Crippen molar-refractivity contribution in [1.82, 2.24) is 30.3 Å². The highest BCUT2D eigenvalue weighted by Crippen LogP contribution is 2.39. The van der Waals surface area contributed by atoms with Crippen LogP contribution < -0.4 is 21.9 Å². The lowest BCUT2D eigenvalue weighted by Crippen LogP contribution is -2.65. The van der Waals surface area contributed by atoms with Crippen molar-refractivity contribution in [2.24, 2.45) is 11.8 Å². The molecule has 5 aromatic rings. The predicted molar refractivity (Wildman–Crippen MR) is 318 cm³/mol. The van der Waals surface area contributed by atoms with Crippen molar-refractivity contribution in [2.45, 2.75) is 201 Å². The zero-order chi connectivity index (χ0) is 65.3. The van der Waals surface area contributed by atoms with Crippen LogP contribution in [0.4, 0.5) is 5.69 Å². The molecule has 4 aliphatic rings. The molecule has 30 heteroatoms. The van der Waals surface area contributed by atoms with Crippen LogP contribution >= 0.6 is 0 Å². The number of amides is 2. The molecule has 14 unspecified atom stereocenters. The standard InChI is InChI=1S/C61H77N7O22S/c1-31-23-35-17-11-19-38(48(35)45(24-31)91(82,83)84)62-46(71)21-12-22-68-29-37(66-67-68)18-9-10-20-41(70)36-26-39(63-56(77)40-28-47(72)65-61(81)64-40)53(90-59-52(76)51(75)49(73)32(2)85-59)42(27-36)87-60-55(89-58(80)34-15-7-4-8-16-34)54(50(74)44(30-69)88-60)86-43(57(78)79)25-33-13-5-3-6-14-33/h4,7-8,11,15-17,19,23-24,28-29,32-33,36,39,42-44,49-55,59-60,69,73-76H,3,5-6,9-10,12-14,18,20-22,25-27,30H2,1-2H3,(H,62,71)(H,63,77)(H,78,79)(H,82,83,84)(H2,64,65,72,81)/t32?,36?,39?,42?,43-,44?,49?,50?,51?,52?,53?,54?,55?,59?,60?/m0/s1. The second kappa shape index (κ2) is 30.5. The highest BCUT2D eigenvalue weighted by Gasteiger charge is 2.54. The van der Waals surface area contributed by atoms with Crippen LogP contribution in [0.2, 0.25) is 0 Å². The van der Waals surface area contributed by atoms with Gasteiger partial charge in [-0.15, -0.1) is 5.10 Å². The van der Waals surface area contributed by atoms with Gasteiger partial charge in [0.25, 0.3) is 21.6 Å². The van der Waals surface area contributed by atoms with E-state index in [1.807, 2.05) is 4.98 Å². The highest BCUT2D eigenvalue weighted by molar-refractivity contribution is 7.86. The van der Waals surface area contributed by atoms with Crippen molar-refractivity contribution in [3.8, 4) is 0 Å². The lowest BCUT2D eigenvalue weighted by molar-refractivity contribution is -0.347. The molecule has 2 saturated carbocycles. The summed E-state index contributed by atoms with van der Waals surface area (Å²) in [6, 6.07) is 14.9. The number of aryl methyl sites for hydroxylation is 3. The number of unbranched alkanes of at least 4 members (excludes halogenated alkanes) is 1. The smallest absolute Gasteiger partial charge is 0.338 e. The molecule has 15 atom stereocenters. The molecule has 3 aromatic carbocycles. The number of carboxylic acids is 1. The Hall–Kier alpha value is -7.20. The van der Waals surface area contributed by atoms with Gasteiger partial charge < -0.3 is 74.7 Å². The summed E-state index contributed by atoms with van der Waals surface area (Å²) in [6.45, 7) is 2.44. The number of esters is 1. The quantitative estimate of drug-likeness (QED) is 0.0214. The molecular formula is C61H77N7O22S. The van der Waals surface area contributed by atoms with Crippen LogP contribution in [0, 0.1) is 18.8 Å². The summed E-state index contributed by atoms with van der Waals surface area (Å²) >= 11 is 0. The number of hydrogen-bond donors (Lipinski definition) is 11. The molecule has 0 radical (unpaired) electrons. The number of anilines is 1. The van der Waals surface area contributed by atoms with E-state index in [9.17, 15) is 77.2 Å². The van der Waals surface area contributed by atoms with Crippen molar-refractivity contribution in [1.29, 1.82) is 0 Å². The fourth-order valence-corrected chi connectivity index (χ4v) is 13.2. The van der Waals surface area contributed by atoms with E-state index in [1.165, 1.54) is 31.2 Å². The van der Waals surface area contributed by atoms with Crippen molar-refractivity contribution >= 4 is 56.1 Å². The largest absolute Gasteiger partial charge is 0.479 e. The zero-order valence-electron chi connectivity index (χ0n) is 50.0. The Balaban J connectivity index is 0.948. The SMILES string of the molecule is Cc1cc(S(=O)(=O)O)c2c(NC(=O)CCCn3cc(CCCCC(=O)C4CC(NC(=O)c5cc(=O)[nH]c(=O)[nH]5)C(OC5OC(C)C(O)C(O)C5O)C(OC5OC(CO)C(O)C(O[C@@H](CC6CCCCC6)C(=O)O)C5OC(=O)c5ccccc5)C4)nn3)cccc2c1. The average molecular weight is 1290 g/mol. The maximum Gasteiger partial charge on any atom is 0.338 e. The third-order valence-electron chi connectivity index (χ3n) is 17.0. The Morgan fingerprint density at radius 2 is 1.58 bits per heavy atom. The number of nitrogens with one attached hydrogen (secondary N) is 4. The molecule has 2 aromatic heterocycles.